The van der Waals surface area contributed by atoms with E-state index in [0.717, 1.165) is 46.6 Å². The number of carbonyl (C=O) groups excluding carboxylic acids is 3. The predicted molar refractivity (Wildman–Crippen MR) is 210 cm³/mol. The van der Waals surface area contributed by atoms with E-state index in [4.69, 9.17) is 25.1 Å². The molecule has 0 radical (unpaired) electrons. The van der Waals surface area contributed by atoms with Crippen molar-refractivity contribution >= 4 is 24.1 Å². The van der Waals surface area contributed by atoms with Crippen molar-refractivity contribution in [3.05, 3.63) is 119 Å². The van der Waals surface area contributed by atoms with Crippen LogP contribution in [0, 0.1) is 0 Å². The predicted octanol–water partition coefficient (Wildman–Crippen LogP) is 6.31. The molecule has 4 aromatic rings. The maximum atomic E-state index is 12.0. The first-order chi connectivity index (χ1) is 25.7. The molecule has 0 aromatic heterocycles. The molecule has 3 amide bonds. The van der Waals surface area contributed by atoms with E-state index in [1.165, 1.54) is 24.0 Å². The number of nitrogens with two attached hydrogens (primary N) is 1. The summed E-state index contributed by atoms with van der Waals surface area (Å²) in [6.45, 7) is 5.87. The van der Waals surface area contributed by atoms with Crippen LogP contribution in [0.5, 0.6) is 0 Å². The van der Waals surface area contributed by atoms with Crippen LogP contribution >= 0.6 is 0 Å². The molecule has 13 heteroatoms. The van der Waals surface area contributed by atoms with Crippen LogP contribution < -0.4 is 22.5 Å². The van der Waals surface area contributed by atoms with Crippen LogP contribution in [-0.4, -0.2) is 73.2 Å². The van der Waals surface area contributed by atoms with E-state index < -0.39 is 36.1 Å². The van der Waals surface area contributed by atoms with Crippen LogP contribution in [-0.2, 0) is 23.8 Å². The number of carbonyl (C=O) groups is 4. The molecule has 1 heterocycles. The number of ether oxygens (including phenoxy) is 3. The summed E-state index contributed by atoms with van der Waals surface area (Å²) in [6.07, 6.45) is 1.97. The summed E-state index contributed by atoms with van der Waals surface area (Å²) >= 11 is 0. The van der Waals surface area contributed by atoms with Crippen molar-refractivity contribution in [3.8, 4) is 22.3 Å². The summed E-state index contributed by atoms with van der Waals surface area (Å²) in [7, 11) is 0. The maximum absolute atomic E-state index is 12.0. The summed E-state index contributed by atoms with van der Waals surface area (Å²) in [6, 6.07) is 30.7. The fourth-order valence-corrected chi connectivity index (χ4v) is 6.79. The van der Waals surface area contributed by atoms with E-state index in [1.54, 1.807) is 13.8 Å². The van der Waals surface area contributed by atoms with Gasteiger partial charge in [0.1, 0.15) is 25.3 Å². The Morgan fingerprint density at radius 1 is 0.655 bits per heavy atom. The molecule has 4 aromatic carbocycles. The lowest BCUT2D eigenvalue weighted by Gasteiger charge is -2.17. The Bertz CT molecular complexity index is 1670. The van der Waals surface area contributed by atoms with Gasteiger partial charge in [-0.1, -0.05) is 111 Å². The molecule has 0 spiro atoms. The number of amides is 3. The topological polar surface area (TPSA) is 233 Å². The number of benzene rings is 4. The Morgan fingerprint density at radius 2 is 0.982 bits per heavy atom. The van der Waals surface area contributed by atoms with Crippen molar-refractivity contribution in [2.75, 3.05) is 26.4 Å². The second-order valence-corrected chi connectivity index (χ2v) is 12.9. The first-order valence-corrected chi connectivity index (χ1v) is 18.1. The molecule has 2 atom stereocenters. The van der Waals surface area contributed by atoms with E-state index in [1.807, 2.05) is 60.7 Å². The monoisotopic (exact) mass is 756 g/mol. The molecule has 1 aliphatic heterocycles. The van der Waals surface area contributed by atoms with Gasteiger partial charge in [0.15, 0.2) is 0 Å². The van der Waals surface area contributed by atoms with E-state index in [0.29, 0.717) is 12.8 Å². The summed E-state index contributed by atoms with van der Waals surface area (Å²) < 4.78 is 15.6. The Hall–Kier alpha value is -5.76. The molecule has 2 aliphatic carbocycles. The normalized spacial score (nSPS) is 14.1. The van der Waals surface area contributed by atoms with Crippen molar-refractivity contribution in [2.45, 2.75) is 63.5 Å². The lowest BCUT2D eigenvalue weighted by Crippen LogP contribution is -2.44. The molecule has 55 heavy (non-hydrogen) atoms. The lowest BCUT2D eigenvalue weighted by atomic mass is 9.98. The van der Waals surface area contributed by atoms with Gasteiger partial charge in [0.2, 0.25) is 5.91 Å². The van der Waals surface area contributed by atoms with Gasteiger partial charge in [0, 0.05) is 25.0 Å². The average Bonchev–Trinajstić information content (AvgIpc) is 3.93. The minimum absolute atomic E-state index is 0. The molecule has 1 fully saturated rings. The molecular weight excluding hydrogens is 704 g/mol. The Morgan fingerprint density at radius 3 is 1.25 bits per heavy atom. The summed E-state index contributed by atoms with van der Waals surface area (Å²) in [5.41, 5.74) is 14.4. The number of rotatable bonds is 10. The van der Waals surface area contributed by atoms with Crippen LogP contribution in [0.1, 0.15) is 73.6 Å². The second kappa shape index (κ2) is 21.2. The number of hydrogen-bond donors (Lipinski definition) is 5. The quantitative estimate of drug-likeness (QED) is 0.122. The molecule has 294 valence electrons. The lowest BCUT2D eigenvalue weighted by molar-refractivity contribution is -0.139. The number of hydrogen-bond acceptors (Lipinski definition) is 8. The number of nitrogens with one attached hydrogen (secondary N) is 2. The highest BCUT2D eigenvalue weighted by Gasteiger charge is 2.31. The minimum atomic E-state index is -1.06. The van der Waals surface area contributed by atoms with E-state index in [2.05, 4.69) is 47.0 Å². The summed E-state index contributed by atoms with van der Waals surface area (Å²) in [5.74, 6) is -1.66. The standard InChI is InChI=1S/C19H20N2O3.C19H19NO4.C4H8O.H3N.H2O/c1-2-17(18(20)22)21-19(23)24-11-16-14-9-5-3-7-12(14)13-8-4-6-10-15(13)16;1-2-17(18(21)22)20-19(23)24-11-16-14-9-5-3-7-12(14)13-8-4-6-10-15(13)16;1-2-4-5-3-1;;/h3-10,16-17H,2,11H2,1H3,(H2,20,22)(H,21,23);3-10,16-17H,2,11H2,1H3,(H,20,23)(H,21,22);1-4H2;1H3;1H2/t2*17-;;;/m11.../s1. The molecule has 7 rings (SSSR count). The Labute approximate surface area is 321 Å². The molecule has 1 saturated heterocycles. The van der Waals surface area contributed by atoms with Crippen LogP contribution in [0.15, 0.2) is 97.1 Å². The molecular formula is C42H52N4O9. The van der Waals surface area contributed by atoms with Gasteiger partial charge in [0.25, 0.3) is 0 Å². The third kappa shape index (κ3) is 10.9. The van der Waals surface area contributed by atoms with Crippen molar-refractivity contribution in [3.63, 3.8) is 0 Å². The van der Waals surface area contributed by atoms with E-state index in [9.17, 15) is 19.2 Å². The molecule has 13 nitrogen and oxygen atoms in total. The Balaban J connectivity index is 0.000000253. The number of carboxylic acid groups (broad SMARTS) is 1. The zero-order valence-electron chi connectivity index (χ0n) is 31.3. The van der Waals surface area contributed by atoms with Crippen molar-refractivity contribution in [1.29, 1.82) is 0 Å². The van der Waals surface area contributed by atoms with Crippen molar-refractivity contribution in [1.82, 2.24) is 16.8 Å². The third-order valence-corrected chi connectivity index (χ3v) is 9.56. The molecule has 0 unspecified atom stereocenters. The van der Waals surface area contributed by atoms with Crippen LogP contribution in [0.4, 0.5) is 9.59 Å². The highest BCUT2D eigenvalue weighted by Crippen LogP contribution is 2.45. The van der Waals surface area contributed by atoms with Gasteiger partial charge in [-0.15, -0.1) is 0 Å². The zero-order valence-corrected chi connectivity index (χ0v) is 31.3. The molecule has 10 N–H and O–H groups in total. The number of primary amides is 1. The van der Waals surface area contributed by atoms with Gasteiger partial charge >= 0.3 is 18.2 Å². The van der Waals surface area contributed by atoms with Crippen LogP contribution in [0.25, 0.3) is 22.3 Å². The fourth-order valence-electron chi connectivity index (χ4n) is 6.79. The smallest absolute Gasteiger partial charge is 0.407 e. The first-order valence-electron chi connectivity index (χ1n) is 18.1. The number of fused-ring (bicyclic) bond motifs is 6. The van der Waals surface area contributed by atoms with Crippen molar-refractivity contribution in [2.24, 2.45) is 5.73 Å². The van der Waals surface area contributed by atoms with Gasteiger partial charge in [-0.3, -0.25) is 4.79 Å². The number of alkyl carbamates (subject to hydrolysis) is 2. The molecule has 0 saturated carbocycles. The van der Waals surface area contributed by atoms with Gasteiger partial charge in [-0.25, -0.2) is 14.4 Å². The maximum Gasteiger partial charge on any atom is 0.407 e. The van der Waals surface area contributed by atoms with Gasteiger partial charge in [-0.2, -0.15) is 0 Å². The Kier molecular flexibility index (Phi) is 16.8. The van der Waals surface area contributed by atoms with Crippen molar-refractivity contribution < 1.29 is 44.0 Å². The van der Waals surface area contributed by atoms with Gasteiger partial charge in [-0.05, 0) is 70.2 Å². The van der Waals surface area contributed by atoms with Gasteiger partial charge < -0.3 is 47.3 Å². The zero-order chi connectivity index (χ0) is 37.7. The van der Waals surface area contributed by atoms with Crippen LogP contribution in [0.3, 0.4) is 0 Å². The highest BCUT2D eigenvalue weighted by molar-refractivity contribution is 5.84. The number of aliphatic carboxylic acids is 1. The largest absolute Gasteiger partial charge is 0.480 e. The van der Waals surface area contributed by atoms with E-state index in [-0.39, 0.29) is 36.7 Å². The fraction of sp³-hybridized carbons (Fsp3) is 0.333. The SMILES string of the molecule is C1CCOC1.CC[C@@H](NC(=O)OCC1c2ccccc2-c2ccccc21)C(=O)O.CC[C@@H](NC(=O)OCC1c2ccccc2-c2ccccc21)C(N)=O.N.O. The average molecular weight is 757 g/mol. The molecule has 3 aliphatic rings. The number of carboxylic acids is 1. The van der Waals surface area contributed by atoms with Gasteiger partial charge in [0.05, 0.1) is 0 Å². The first kappa shape index (κ1) is 43.6. The highest BCUT2D eigenvalue weighted by atomic mass is 16.6. The minimum Gasteiger partial charge on any atom is -0.480 e. The second-order valence-electron chi connectivity index (χ2n) is 12.9. The third-order valence-electron chi connectivity index (χ3n) is 9.56. The van der Waals surface area contributed by atoms with Crippen LogP contribution in [0.2, 0.25) is 0 Å². The molecule has 0 bridgehead atoms. The summed E-state index contributed by atoms with van der Waals surface area (Å²) in [5, 5.41) is 13.9. The van der Waals surface area contributed by atoms with E-state index >= 15 is 0 Å². The summed E-state index contributed by atoms with van der Waals surface area (Å²) in [4.78, 5) is 46.0.